The maximum absolute atomic E-state index is 6.45. The first-order valence-corrected chi connectivity index (χ1v) is 10.8. The third kappa shape index (κ3) is 4.08. The lowest BCUT2D eigenvalue weighted by Gasteiger charge is -2.08. The van der Waals surface area contributed by atoms with Gasteiger partial charge in [0.15, 0.2) is 5.82 Å². The summed E-state index contributed by atoms with van der Waals surface area (Å²) in [6.45, 7) is 0. The maximum Gasteiger partial charge on any atom is 0.165 e. The fourth-order valence-electron chi connectivity index (χ4n) is 2.99. The van der Waals surface area contributed by atoms with Crippen LogP contribution in [0.4, 0.5) is 5.82 Å². The van der Waals surface area contributed by atoms with Gasteiger partial charge < -0.3 is 4.74 Å². The van der Waals surface area contributed by atoms with Crippen LogP contribution in [0, 0.1) is 0 Å². The van der Waals surface area contributed by atoms with Crippen LogP contribution >= 0.6 is 55.1 Å². The molecule has 0 N–H and O–H groups in total. The quantitative estimate of drug-likeness (QED) is 0.244. The maximum atomic E-state index is 6.45. The Kier molecular flexibility index (Phi) is 5.97. The van der Waals surface area contributed by atoms with Gasteiger partial charge >= 0.3 is 0 Å². The predicted octanol–water partition coefficient (Wildman–Crippen LogP) is 7.59. The van der Waals surface area contributed by atoms with E-state index in [1.807, 2.05) is 47.0 Å². The lowest BCUT2D eigenvalue weighted by Crippen LogP contribution is -1.93. The van der Waals surface area contributed by atoms with Crippen LogP contribution in [-0.4, -0.2) is 22.7 Å². The van der Waals surface area contributed by atoms with Crippen LogP contribution in [0.25, 0.3) is 16.9 Å². The van der Waals surface area contributed by atoms with Gasteiger partial charge in [-0.15, -0.1) is 0 Å². The number of methoxy groups -OCH3 is 1. The molecule has 8 heteroatoms. The van der Waals surface area contributed by atoms with E-state index in [-0.39, 0.29) is 0 Å². The van der Waals surface area contributed by atoms with Gasteiger partial charge in [0.05, 0.1) is 16.6 Å². The van der Waals surface area contributed by atoms with Gasteiger partial charge in [-0.1, -0.05) is 45.2 Å². The summed E-state index contributed by atoms with van der Waals surface area (Å²) in [6.07, 6.45) is 3.66. The summed E-state index contributed by atoms with van der Waals surface area (Å²) in [5, 5.41) is 1.08. The smallest absolute Gasteiger partial charge is 0.165 e. The van der Waals surface area contributed by atoms with E-state index in [0.29, 0.717) is 27.3 Å². The van der Waals surface area contributed by atoms with Crippen molar-refractivity contribution in [1.82, 2.24) is 9.38 Å². The second-order valence-corrected chi connectivity index (χ2v) is 8.72. The summed E-state index contributed by atoms with van der Waals surface area (Å²) in [6, 6.07) is 15.0. The molecule has 0 spiro atoms. The highest BCUT2D eigenvalue weighted by atomic mass is 79.9. The number of aromatic nitrogens is 2. The van der Waals surface area contributed by atoms with Gasteiger partial charge in [-0.2, -0.15) is 0 Å². The number of aliphatic imine (C=N–C) groups is 1. The molecule has 2 aromatic heterocycles. The van der Waals surface area contributed by atoms with Gasteiger partial charge in [0.25, 0.3) is 0 Å². The summed E-state index contributed by atoms with van der Waals surface area (Å²) >= 11 is 19.5. The highest BCUT2D eigenvalue weighted by Crippen LogP contribution is 2.37. The van der Waals surface area contributed by atoms with Crippen molar-refractivity contribution >= 4 is 72.7 Å². The number of ether oxygens (including phenoxy) is 1. The van der Waals surface area contributed by atoms with Crippen molar-refractivity contribution in [3.05, 3.63) is 79.3 Å². The van der Waals surface area contributed by atoms with Crippen molar-refractivity contribution in [3.63, 3.8) is 0 Å². The zero-order valence-corrected chi connectivity index (χ0v) is 19.7. The Hall–Kier alpha value is -1.86. The zero-order valence-electron chi connectivity index (χ0n) is 15.0. The number of benzene rings is 2. The lowest BCUT2D eigenvalue weighted by atomic mass is 10.1. The van der Waals surface area contributed by atoms with Crippen LogP contribution in [0.3, 0.4) is 0 Å². The van der Waals surface area contributed by atoms with Crippen molar-refractivity contribution in [2.24, 2.45) is 4.99 Å². The molecule has 4 nitrogen and oxygen atoms in total. The average Bonchev–Trinajstić information content (AvgIpc) is 3.04. The van der Waals surface area contributed by atoms with Gasteiger partial charge in [-0.25, -0.2) is 9.98 Å². The molecule has 29 heavy (non-hydrogen) atoms. The Balaban J connectivity index is 1.91. The Labute approximate surface area is 194 Å². The van der Waals surface area contributed by atoms with Crippen molar-refractivity contribution in [3.8, 4) is 17.0 Å². The second-order valence-electron chi connectivity index (χ2n) is 6.11. The standard InChI is InChI=1S/C21H13Br2Cl2N3O/c1-29-20-12(8-13(22)9-16(20)23)11-26-21-19(15-6-5-14(24)10-17(15)25)27-18-4-2-3-7-28(18)21/h2-11H,1H3. The molecule has 0 aliphatic heterocycles. The van der Waals surface area contributed by atoms with E-state index in [9.17, 15) is 0 Å². The van der Waals surface area contributed by atoms with E-state index < -0.39 is 0 Å². The topological polar surface area (TPSA) is 38.9 Å². The number of halogens is 4. The molecule has 0 aliphatic carbocycles. The molecule has 0 aliphatic rings. The third-order valence-corrected chi connectivity index (χ3v) is 5.85. The Morgan fingerprint density at radius 1 is 1.10 bits per heavy atom. The number of imidazole rings is 1. The van der Waals surface area contributed by atoms with E-state index in [1.54, 1.807) is 25.5 Å². The molecule has 0 unspecified atom stereocenters. The number of hydrogen-bond acceptors (Lipinski definition) is 3. The molecule has 0 fully saturated rings. The highest BCUT2D eigenvalue weighted by molar-refractivity contribution is 9.11. The SMILES string of the molecule is COc1c(Br)cc(Br)cc1C=Nc1c(-c2ccc(Cl)cc2Cl)nc2ccccn12. The number of hydrogen-bond donors (Lipinski definition) is 0. The van der Waals surface area contributed by atoms with E-state index in [4.69, 9.17) is 37.9 Å². The molecule has 0 saturated heterocycles. The average molecular weight is 554 g/mol. The Morgan fingerprint density at radius 3 is 2.69 bits per heavy atom. The number of pyridine rings is 1. The van der Waals surface area contributed by atoms with E-state index in [0.717, 1.165) is 25.7 Å². The van der Waals surface area contributed by atoms with Gasteiger partial charge in [-0.3, -0.25) is 4.40 Å². The number of rotatable bonds is 4. The molecular formula is C21H13Br2Cl2N3O. The molecule has 4 aromatic rings. The van der Waals surface area contributed by atoms with Crippen molar-refractivity contribution in [1.29, 1.82) is 0 Å². The van der Waals surface area contributed by atoms with Crippen molar-refractivity contribution in [2.45, 2.75) is 0 Å². The van der Waals surface area contributed by atoms with Crippen LogP contribution in [0.2, 0.25) is 10.0 Å². The normalized spacial score (nSPS) is 11.5. The first-order valence-electron chi connectivity index (χ1n) is 8.47. The van der Waals surface area contributed by atoms with Crippen LogP contribution in [0.15, 0.2) is 68.7 Å². The molecule has 0 radical (unpaired) electrons. The molecular weight excluding hydrogens is 541 g/mol. The third-order valence-electron chi connectivity index (χ3n) is 4.26. The molecule has 146 valence electrons. The first-order chi connectivity index (χ1) is 14.0. The summed E-state index contributed by atoms with van der Waals surface area (Å²) in [5.41, 5.74) is 3.01. The van der Waals surface area contributed by atoms with Crippen LogP contribution in [0.1, 0.15) is 5.56 Å². The molecule has 2 aromatic carbocycles. The molecule has 4 rings (SSSR count). The summed E-state index contributed by atoms with van der Waals surface area (Å²) in [4.78, 5) is 9.49. The van der Waals surface area contributed by atoms with Gasteiger partial charge in [-0.05, 0) is 58.4 Å². The van der Waals surface area contributed by atoms with Gasteiger partial charge in [0, 0.05) is 33.0 Å². The molecule has 0 bridgehead atoms. The van der Waals surface area contributed by atoms with Gasteiger partial charge in [0.1, 0.15) is 17.1 Å². The van der Waals surface area contributed by atoms with E-state index in [2.05, 4.69) is 31.9 Å². The Morgan fingerprint density at radius 2 is 1.93 bits per heavy atom. The minimum Gasteiger partial charge on any atom is -0.495 e. The second kappa shape index (κ2) is 8.48. The minimum atomic E-state index is 0.514. The Bertz CT molecular complexity index is 1250. The highest BCUT2D eigenvalue weighted by Gasteiger charge is 2.16. The number of nitrogens with zero attached hydrogens (tertiary/aromatic N) is 3. The molecule has 0 amide bonds. The van der Waals surface area contributed by atoms with Crippen molar-refractivity contribution < 1.29 is 4.74 Å². The molecule has 0 atom stereocenters. The fraction of sp³-hybridized carbons (Fsp3) is 0.0476. The summed E-state index contributed by atoms with van der Waals surface area (Å²) < 4.78 is 9.17. The fourth-order valence-corrected chi connectivity index (χ4v) is 4.91. The van der Waals surface area contributed by atoms with Crippen LogP contribution in [0.5, 0.6) is 5.75 Å². The zero-order chi connectivity index (χ0) is 20.5. The largest absolute Gasteiger partial charge is 0.495 e. The molecule has 0 saturated carbocycles. The molecule has 2 heterocycles. The minimum absolute atomic E-state index is 0.514. The lowest BCUT2D eigenvalue weighted by molar-refractivity contribution is 0.411. The number of fused-ring (bicyclic) bond motifs is 1. The predicted molar refractivity (Wildman–Crippen MR) is 126 cm³/mol. The van der Waals surface area contributed by atoms with Crippen LogP contribution < -0.4 is 4.74 Å². The van der Waals surface area contributed by atoms with Gasteiger partial charge in [0.2, 0.25) is 0 Å². The van der Waals surface area contributed by atoms with Crippen LogP contribution in [-0.2, 0) is 0 Å². The summed E-state index contributed by atoms with van der Waals surface area (Å²) in [7, 11) is 1.62. The van der Waals surface area contributed by atoms with E-state index in [1.165, 1.54) is 0 Å². The van der Waals surface area contributed by atoms with E-state index >= 15 is 0 Å². The summed E-state index contributed by atoms with van der Waals surface area (Å²) in [5.74, 6) is 1.35. The monoisotopic (exact) mass is 551 g/mol. The first kappa shape index (κ1) is 20.4. The van der Waals surface area contributed by atoms with Crippen molar-refractivity contribution in [2.75, 3.05) is 7.11 Å².